The van der Waals surface area contributed by atoms with Crippen molar-refractivity contribution in [2.45, 2.75) is 42.0 Å². The van der Waals surface area contributed by atoms with E-state index < -0.39 is 21.6 Å². The third kappa shape index (κ3) is 3.49. The van der Waals surface area contributed by atoms with Gasteiger partial charge < -0.3 is 9.73 Å². The van der Waals surface area contributed by atoms with Gasteiger partial charge >= 0.3 is 0 Å². The maximum Gasteiger partial charge on any atom is 0.235 e. The number of amides is 3. The number of carbonyl (C=O) groups excluding carboxylic acids is 3. The Morgan fingerprint density at radius 2 is 1.35 bits per heavy atom. The van der Waals surface area contributed by atoms with E-state index in [1.165, 1.54) is 4.90 Å². The second-order valence-corrected chi connectivity index (χ2v) is 11.2. The predicted octanol–water partition coefficient (Wildman–Crippen LogP) is 5.05. The van der Waals surface area contributed by atoms with Crippen LogP contribution in [0.5, 0.6) is 0 Å². The van der Waals surface area contributed by atoms with Gasteiger partial charge in [-0.15, -0.1) is 23.2 Å². The van der Waals surface area contributed by atoms with Crippen molar-refractivity contribution in [2.75, 3.05) is 6.54 Å². The van der Waals surface area contributed by atoms with E-state index in [1.807, 2.05) is 48.5 Å². The zero-order valence-corrected chi connectivity index (χ0v) is 21.6. The molecule has 1 aromatic heterocycles. The number of hydrogen-bond donors (Lipinski definition) is 1. The summed E-state index contributed by atoms with van der Waals surface area (Å²) in [4.78, 5) is 38.7. The molecule has 0 saturated carbocycles. The van der Waals surface area contributed by atoms with E-state index >= 15 is 0 Å². The van der Waals surface area contributed by atoms with Crippen molar-refractivity contribution in [3.63, 3.8) is 0 Å². The van der Waals surface area contributed by atoms with Gasteiger partial charge in [-0.05, 0) is 47.2 Å². The SMILES string of the molecule is O=C(CCCCCN1C(=O)[C@@H]2[C@H](C1=O)C1(Cl)c3ccccc3C2(Cl)c2ccccc21)NCc1ccco1. The number of carbonyl (C=O) groups is 3. The zero-order valence-electron chi connectivity index (χ0n) is 20.1. The van der Waals surface area contributed by atoms with E-state index in [2.05, 4.69) is 5.32 Å². The van der Waals surface area contributed by atoms with Gasteiger partial charge in [-0.1, -0.05) is 55.0 Å². The van der Waals surface area contributed by atoms with Gasteiger partial charge in [0.2, 0.25) is 17.7 Å². The van der Waals surface area contributed by atoms with Crippen LogP contribution in [0.25, 0.3) is 0 Å². The van der Waals surface area contributed by atoms with Crippen LogP contribution < -0.4 is 5.32 Å². The van der Waals surface area contributed by atoms with Gasteiger partial charge in [0, 0.05) is 13.0 Å². The molecule has 2 aromatic carbocycles. The van der Waals surface area contributed by atoms with Crippen molar-refractivity contribution in [3.8, 4) is 0 Å². The molecule has 0 radical (unpaired) electrons. The fraction of sp³-hybridized carbons (Fsp3) is 0.345. The number of imide groups is 1. The highest BCUT2D eigenvalue weighted by atomic mass is 35.5. The van der Waals surface area contributed by atoms with E-state index in [0.717, 1.165) is 22.3 Å². The molecule has 6 nitrogen and oxygen atoms in total. The lowest BCUT2D eigenvalue weighted by Crippen LogP contribution is -2.57. The molecule has 3 aromatic rings. The lowest BCUT2D eigenvalue weighted by molar-refractivity contribution is -0.140. The molecule has 2 heterocycles. The van der Waals surface area contributed by atoms with Gasteiger partial charge in [0.05, 0.1) is 24.6 Å². The fourth-order valence-corrected chi connectivity index (χ4v) is 7.46. The summed E-state index contributed by atoms with van der Waals surface area (Å²) in [5.41, 5.74) is 3.20. The summed E-state index contributed by atoms with van der Waals surface area (Å²) in [6.07, 6.45) is 3.91. The third-order valence-electron chi connectivity index (χ3n) is 8.00. The van der Waals surface area contributed by atoms with Gasteiger partial charge in [-0.3, -0.25) is 19.3 Å². The Balaban J connectivity index is 1.16. The average molecular weight is 537 g/mol. The van der Waals surface area contributed by atoms with Gasteiger partial charge in [-0.25, -0.2) is 0 Å². The number of nitrogens with one attached hydrogen (secondary N) is 1. The van der Waals surface area contributed by atoms with Crippen molar-refractivity contribution >= 4 is 40.9 Å². The topological polar surface area (TPSA) is 79.6 Å². The minimum atomic E-state index is -1.15. The van der Waals surface area contributed by atoms with Crippen molar-refractivity contribution in [1.82, 2.24) is 10.2 Å². The number of furan rings is 1. The Morgan fingerprint density at radius 3 is 1.84 bits per heavy atom. The molecule has 3 aliphatic carbocycles. The Hall–Kier alpha value is -3.09. The second-order valence-electron chi connectivity index (χ2n) is 9.96. The molecule has 8 heteroatoms. The molecule has 2 atom stereocenters. The second kappa shape index (κ2) is 9.03. The molecule has 37 heavy (non-hydrogen) atoms. The number of nitrogens with zero attached hydrogens (tertiary/aromatic N) is 1. The van der Waals surface area contributed by atoms with Crippen molar-refractivity contribution in [3.05, 3.63) is 94.9 Å². The molecule has 1 saturated heterocycles. The largest absolute Gasteiger partial charge is 0.467 e. The minimum absolute atomic E-state index is 0.0592. The highest BCUT2D eigenvalue weighted by Crippen LogP contribution is 2.69. The molecule has 190 valence electrons. The number of halogens is 2. The first-order chi connectivity index (χ1) is 17.9. The first-order valence-electron chi connectivity index (χ1n) is 12.6. The average Bonchev–Trinajstić information content (AvgIpc) is 3.52. The summed E-state index contributed by atoms with van der Waals surface area (Å²) >= 11 is 14.8. The molecular weight excluding hydrogens is 511 g/mol. The van der Waals surface area contributed by atoms with Crippen LogP contribution in [0.1, 0.15) is 53.7 Å². The molecular formula is C29H26Cl2N2O4. The lowest BCUT2D eigenvalue weighted by Gasteiger charge is -2.54. The van der Waals surface area contributed by atoms with Crippen LogP contribution in [-0.4, -0.2) is 29.2 Å². The minimum Gasteiger partial charge on any atom is -0.467 e. The summed E-state index contributed by atoms with van der Waals surface area (Å²) in [5.74, 6) is -1.43. The number of likely N-dealkylation sites (tertiary alicyclic amines) is 1. The van der Waals surface area contributed by atoms with E-state index in [0.29, 0.717) is 38.0 Å². The summed E-state index contributed by atoms with van der Waals surface area (Å²) in [5, 5.41) is 2.83. The van der Waals surface area contributed by atoms with Crippen LogP contribution in [-0.2, 0) is 30.7 Å². The molecule has 3 amide bonds. The maximum absolute atomic E-state index is 13.8. The smallest absolute Gasteiger partial charge is 0.235 e. The van der Waals surface area contributed by atoms with E-state index in [-0.39, 0.29) is 24.3 Å². The van der Waals surface area contributed by atoms with E-state index in [4.69, 9.17) is 27.6 Å². The van der Waals surface area contributed by atoms with Gasteiger partial charge in [-0.2, -0.15) is 0 Å². The molecule has 0 unspecified atom stereocenters. The van der Waals surface area contributed by atoms with Crippen molar-refractivity contribution in [2.24, 2.45) is 11.8 Å². The van der Waals surface area contributed by atoms with Crippen LogP contribution in [0, 0.1) is 11.8 Å². The van der Waals surface area contributed by atoms with Crippen molar-refractivity contribution in [1.29, 1.82) is 0 Å². The highest BCUT2D eigenvalue weighted by Gasteiger charge is 2.72. The quantitative estimate of drug-likeness (QED) is 0.248. The number of alkyl halides is 2. The molecule has 2 bridgehead atoms. The summed E-state index contributed by atoms with van der Waals surface area (Å²) in [7, 11) is 0. The summed E-state index contributed by atoms with van der Waals surface area (Å²) in [6.45, 7) is 0.641. The lowest BCUT2D eigenvalue weighted by atomic mass is 9.54. The first kappa shape index (κ1) is 24.3. The van der Waals surface area contributed by atoms with E-state index in [9.17, 15) is 14.4 Å². The monoisotopic (exact) mass is 536 g/mol. The third-order valence-corrected chi connectivity index (χ3v) is 9.29. The fourth-order valence-electron chi connectivity index (χ4n) is 6.36. The molecule has 1 fully saturated rings. The Bertz CT molecular complexity index is 1260. The Labute approximate surface area is 224 Å². The molecule has 1 N–H and O–H groups in total. The summed E-state index contributed by atoms with van der Waals surface area (Å²) < 4.78 is 5.22. The highest BCUT2D eigenvalue weighted by molar-refractivity contribution is 6.36. The molecule has 4 aliphatic rings. The number of rotatable bonds is 8. The maximum atomic E-state index is 13.8. The molecule has 1 aliphatic heterocycles. The molecule has 7 rings (SSSR count). The van der Waals surface area contributed by atoms with Crippen LogP contribution in [0.4, 0.5) is 0 Å². The number of hydrogen-bond acceptors (Lipinski definition) is 4. The van der Waals surface area contributed by atoms with Crippen LogP contribution in [0.3, 0.4) is 0 Å². The van der Waals surface area contributed by atoms with Crippen molar-refractivity contribution < 1.29 is 18.8 Å². The summed E-state index contributed by atoms with van der Waals surface area (Å²) in [6, 6.07) is 18.8. The first-order valence-corrected chi connectivity index (χ1v) is 13.4. The zero-order chi connectivity index (χ0) is 25.8. The van der Waals surface area contributed by atoms with Gasteiger partial charge in [0.1, 0.15) is 15.5 Å². The van der Waals surface area contributed by atoms with Gasteiger partial charge in [0.25, 0.3) is 0 Å². The van der Waals surface area contributed by atoms with E-state index in [1.54, 1.807) is 18.4 Å². The predicted molar refractivity (Wildman–Crippen MR) is 139 cm³/mol. The van der Waals surface area contributed by atoms with Crippen LogP contribution in [0.15, 0.2) is 71.3 Å². The number of benzene rings is 2. The number of unbranched alkanes of at least 4 members (excludes halogenated alkanes) is 2. The van der Waals surface area contributed by atoms with Crippen LogP contribution in [0.2, 0.25) is 0 Å². The van der Waals surface area contributed by atoms with Gasteiger partial charge in [0.15, 0.2) is 0 Å². The molecule has 0 spiro atoms. The Kier molecular flexibility index (Phi) is 5.92. The standard InChI is InChI=1S/C29H26Cl2N2O4/c30-28-19-10-3-4-11-20(19)29(31,22-13-6-5-12-21(22)28)25-24(28)26(35)33(27(25)36)15-7-1-2-14-23(34)32-17-18-9-8-16-37-18/h3-6,8-13,16,24-25H,1-2,7,14-15,17H2,(H,32,34)/t24-,25+,28?,29?. The van der Waals surface area contributed by atoms with Crippen LogP contribution >= 0.6 is 23.2 Å². The normalized spacial score (nSPS) is 27.1. The Morgan fingerprint density at radius 1 is 0.811 bits per heavy atom.